The van der Waals surface area contributed by atoms with Gasteiger partial charge in [-0.3, -0.25) is 4.79 Å². The standard InChI is InChI=1S/C11H14ClNO2/c1-7(2)13-9-4-5-11(10(12)6-9)15-8(3)14/h4-7,13H,1-3H3. The number of hydrogen-bond acceptors (Lipinski definition) is 3. The molecule has 0 aliphatic carbocycles. The van der Waals surface area contributed by atoms with Crippen LogP contribution in [0, 0.1) is 0 Å². The second-order valence-electron chi connectivity index (χ2n) is 3.54. The average Bonchev–Trinajstić information content (AvgIpc) is 2.08. The lowest BCUT2D eigenvalue weighted by atomic mass is 10.2. The maximum atomic E-state index is 10.7. The molecular formula is C11H14ClNO2. The van der Waals surface area contributed by atoms with Crippen molar-refractivity contribution < 1.29 is 9.53 Å². The summed E-state index contributed by atoms with van der Waals surface area (Å²) >= 11 is 5.94. The summed E-state index contributed by atoms with van der Waals surface area (Å²) in [4.78, 5) is 10.7. The molecule has 0 amide bonds. The number of ether oxygens (including phenoxy) is 1. The lowest BCUT2D eigenvalue weighted by molar-refractivity contribution is -0.131. The Morgan fingerprint density at radius 2 is 2.13 bits per heavy atom. The molecule has 1 rings (SSSR count). The summed E-state index contributed by atoms with van der Waals surface area (Å²) in [6, 6.07) is 5.57. The summed E-state index contributed by atoms with van der Waals surface area (Å²) in [5.74, 6) is 0.0138. The van der Waals surface area contributed by atoms with Crippen LogP contribution in [0.5, 0.6) is 5.75 Å². The molecule has 0 aromatic heterocycles. The molecule has 1 aromatic rings. The highest BCUT2D eigenvalue weighted by molar-refractivity contribution is 6.32. The highest BCUT2D eigenvalue weighted by Gasteiger charge is 2.05. The lowest BCUT2D eigenvalue weighted by Gasteiger charge is -2.11. The van der Waals surface area contributed by atoms with E-state index in [-0.39, 0.29) is 5.97 Å². The molecule has 15 heavy (non-hydrogen) atoms. The molecule has 0 saturated carbocycles. The Morgan fingerprint density at radius 1 is 1.47 bits per heavy atom. The van der Waals surface area contributed by atoms with E-state index in [1.807, 2.05) is 19.9 Å². The minimum atomic E-state index is -0.374. The molecular weight excluding hydrogens is 214 g/mol. The average molecular weight is 228 g/mol. The maximum Gasteiger partial charge on any atom is 0.308 e. The summed E-state index contributed by atoms with van der Waals surface area (Å²) in [6.07, 6.45) is 0. The number of carbonyl (C=O) groups excluding carboxylic acids is 1. The number of benzene rings is 1. The Balaban J connectivity index is 2.83. The number of rotatable bonds is 3. The van der Waals surface area contributed by atoms with Crippen LogP contribution in [0.3, 0.4) is 0 Å². The van der Waals surface area contributed by atoms with Crippen molar-refractivity contribution in [3.8, 4) is 5.75 Å². The maximum absolute atomic E-state index is 10.7. The van der Waals surface area contributed by atoms with Gasteiger partial charge in [0.25, 0.3) is 0 Å². The van der Waals surface area contributed by atoms with Gasteiger partial charge < -0.3 is 10.1 Å². The van der Waals surface area contributed by atoms with Crippen molar-refractivity contribution in [3.05, 3.63) is 23.2 Å². The van der Waals surface area contributed by atoms with Crippen molar-refractivity contribution in [2.75, 3.05) is 5.32 Å². The predicted octanol–water partition coefficient (Wildman–Crippen LogP) is 3.09. The predicted molar refractivity (Wildman–Crippen MR) is 61.5 cm³/mol. The zero-order valence-corrected chi connectivity index (χ0v) is 9.76. The first kappa shape index (κ1) is 11.9. The van der Waals surface area contributed by atoms with Gasteiger partial charge in [-0.1, -0.05) is 11.6 Å². The normalized spacial score (nSPS) is 10.2. The van der Waals surface area contributed by atoms with Crippen molar-refractivity contribution in [3.63, 3.8) is 0 Å². The Hall–Kier alpha value is -1.22. The Morgan fingerprint density at radius 3 is 2.60 bits per heavy atom. The Bertz CT molecular complexity index is 364. The highest BCUT2D eigenvalue weighted by Crippen LogP contribution is 2.27. The Labute approximate surface area is 94.4 Å². The smallest absolute Gasteiger partial charge is 0.308 e. The monoisotopic (exact) mass is 227 g/mol. The number of hydrogen-bond donors (Lipinski definition) is 1. The molecule has 0 spiro atoms. The van der Waals surface area contributed by atoms with Crippen molar-refractivity contribution in [1.29, 1.82) is 0 Å². The molecule has 0 fully saturated rings. The molecule has 0 radical (unpaired) electrons. The summed E-state index contributed by atoms with van der Waals surface area (Å²) in [7, 11) is 0. The minimum absolute atomic E-state index is 0.334. The molecule has 0 saturated heterocycles. The zero-order chi connectivity index (χ0) is 11.4. The van der Waals surface area contributed by atoms with E-state index in [1.165, 1.54) is 6.92 Å². The summed E-state index contributed by atoms with van der Waals surface area (Å²) in [5.41, 5.74) is 0.908. The summed E-state index contributed by atoms with van der Waals surface area (Å²) < 4.78 is 4.91. The van der Waals surface area contributed by atoms with Gasteiger partial charge in [-0.2, -0.15) is 0 Å². The van der Waals surface area contributed by atoms with E-state index in [4.69, 9.17) is 16.3 Å². The third kappa shape index (κ3) is 3.80. The number of nitrogens with one attached hydrogen (secondary N) is 1. The molecule has 0 aliphatic heterocycles. The molecule has 1 aromatic carbocycles. The second kappa shape index (κ2) is 5.03. The topological polar surface area (TPSA) is 38.3 Å². The molecule has 0 unspecified atom stereocenters. The van der Waals surface area contributed by atoms with Gasteiger partial charge in [-0.25, -0.2) is 0 Å². The third-order valence-electron chi connectivity index (χ3n) is 1.64. The van der Waals surface area contributed by atoms with E-state index >= 15 is 0 Å². The van der Waals surface area contributed by atoms with Gasteiger partial charge in [0.15, 0.2) is 0 Å². The van der Waals surface area contributed by atoms with Gasteiger partial charge in [0, 0.05) is 18.7 Å². The lowest BCUT2D eigenvalue weighted by Crippen LogP contribution is -2.09. The van der Waals surface area contributed by atoms with Gasteiger partial charge >= 0.3 is 5.97 Å². The van der Waals surface area contributed by atoms with Gasteiger partial charge in [0.1, 0.15) is 5.75 Å². The molecule has 0 atom stereocenters. The molecule has 3 nitrogen and oxygen atoms in total. The zero-order valence-electron chi connectivity index (χ0n) is 9.00. The van der Waals surface area contributed by atoms with E-state index in [1.54, 1.807) is 12.1 Å². The van der Waals surface area contributed by atoms with Crippen LogP contribution < -0.4 is 10.1 Å². The minimum Gasteiger partial charge on any atom is -0.425 e. The number of halogens is 1. The van der Waals surface area contributed by atoms with Crippen LogP contribution in [0.4, 0.5) is 5.69 Å². The van der Waals surface area contributed by atoms with Gasteiger partial charge in [-0.15, -0.1) is 0 Å². The largest absolute Gasteiger partial charge is 0.425 e. The molecule has 0 heterocycles. The molecule has 4 heteroatoms. The first-order valence-corrected chi connectivity index (χ1v) is 5.11. The number of carbonyl (C=O) groups is 1. The van der Waals surface area contributed by atoms with E-state index in [9.17, 15) is 4.79 Å². The molecule has 1 N–H and O–H groups in total. The van der Waals surface area contributed by atoms with E-state index < -0.39 is 0 Å². The van der Waals surface area contributed by atoms with Crippen molar-refractivity contribution in [1.82, 2.24) is 0 Å². The van der Waals surface area contributed by atoms with Crippen LogP contribution in [0.25, 0.3) is 0 Å². The van der Waals surface area contributed by atoms with E-state index in [2.05, 4.69) is 5.32 Å². The first-order chi connectivity index (χ1) is 6.99. The SMILES string of the molecule is CC(=O)Oc1ccc(NC(C)C)cc1Cl. The molecule has 0 aliphatic rings. The highest BCUT2D eigenvalue weighted by atomic mass is 35.5. The first-order valence-electron chi connectivity index (χ1n) is 4.73. The van der Waals surface area contributed by atoms with Crippen LogP contribution >= 0.6 is 11.6 Å². The summed E-state index contributed by atoms with van der Waals surface area (Å²) in [5, 5.41) is 3.63. The van der Waals surface area contributed by atoms with Crippen molar-refractivity contribution in [2.45, 2.75) is 26.8 Å². The van der Waals surface area contributed by atoms with Crippen LogP contribution in [-0.2, 0) is 4.79 Å². The van der Waals surface area contributed by atoms with Crippen LogP contribution in [0.2, 0.25) is 5.02 Å². The number of anilines is 1. The van der Waals surface area contributed by atoms with Crippen LogP contribution in [0.15, 0.2) is 18.2 Å². The van der Waals surface area contributed by atoms with Gasteiger partial charge in [0.05, 0.1) is 5.02 Å². The van der Waals surface area contributed by atoms with E-state index in [0.717, 1.165) is 5.69 Å². The van der Waals surface area contributed by atoms with Crippen LogP contribution in [0.1, 0.15) is 20.8 Å². The summed E-state index contributed by atoms with van der Waals surface area (Å²) in [6.45, 7) is 5.42. The van der Waals surface area contributed by atoms with Crippen LogP contribution in [-0.4, -0.2) is 12.0 Å². The fourth-order valence-electron chi connectivity index (χ4n) is 1.16. The van der Waals surface area contributed by atoms with Gasteiger partial charge in [-0.05, 0) is 32.0 Å². The van der Waals surface area contributed by atoms with Crippen molar-refractivity contribution >= 4 is 23.3 Å². The quantitative estimate of drug-likeness (QED) is 0.637. The number of esters is 1. The fourth-order valence-corrected chi connectivity index (χ4v) is 1.38. The fraction of sp³-hybridized carbons (Fsp3) is 0.364. The van der Waals surface area contributed by atoms with Gasteiger partial charge in [0.2, 0.25) is 0 Å². The van der Waals surface area contributed by atoms with Crippen molar-refractivity contribution in [2.24, 2.45) is 0 Å². The van der Waals surface area contributed by atoms with E-state index in [0.29, 0.717) is 16.8 Å². The molecule has 0 bridgehead atoms. The third-order valence-corrected chi connectivity index (χ3v) is 1.94. The Kier molecular flexibility index (Phi) is 3.97. The molecule has 82 valence electrons. The second-order valence-corrected chi connectivity index (χ2v) is 3.95.